The Labute approximate surface area is 178 Å². The molecule has 1 aliphatic rings. The standard InChI is InChI=1S/C22H21N3O4S/c1-3-28-18(26)13-30-22-16(12-23)20(17-10-7-11-29-17)19(14(2)24-22)21(27)25-15-8-5-4-6-9-15/h4-11,16,20H,3,13H2,1-2H3,(H,25,27)/t16?,20-/m1/s1. The summed E-state index contributed by atoms with van der Waals surface area (Å²) in [5.41, 5.74) is 1.48. The molecule has 0 saturated heterocycles. The number of benzene rings is 1. The summed E-state index contributed by atoms with van der Waals surface area (Å²) in [6.45, 7) is 3.73. The third-order valence-corrected chi connectivity index (χ3v) is 5.51. The molecule has 0 fully saturated rings. The maximum Gasteiger partial charge on any atom is 0.316 e. The van der Waals surface area contributed by atoms with Gasteiger partial charge in [0.1, 0.15) is 11.7 Å². The van der Waals surface area contributed by atoms with Crippen molar-refractivity contribution in [2.24, 2.45) is 10.9 Å². The molecule has 154 valence electrons. The van der Waals surface area contributed by atoms with E-state index in [-0.39, 0.29) is 24.2 Å². The van der Waals surface area contributed by atoms with E-state index in [1.807, 2.05) is 18.2 Å². The van der Waals surface area contributed by atoms with E-state index in [0.717, 1.165) is 11.8 Å². The summed E-state index contributed by atoms with van der Waals surface area (Å²) in [5.74, 6) is -1.62. The Balaban J connectivity index is 1.96. The quantitative estimate of drug-likeness (QED) is 0.701. The summed E-state index contributed by atoms with van der Waals surface area (Å²) in [6.07, 6.45) is 1.50. The van der Waals surface area contributed by atoms with Crippen LogP contribution in [0.15, 0.2) is 69.4 Å². The molecule has 30 heavy (non-hydrogen) atoms. The summed E-state index contributed by atoms with van der Waals surface area (Å²) in [6, 6.07) is 14.7. The van der Waals surface area contributed by atoms with E-state index in [1.54, 1.807) is 38.1 Å². The van der Waals surface area contributed by atoms with E-state index in [1.165, 1.54) is 6.26 Å². The zero-order chi connectivity index (χ0) is 21.5. The molecule has 1 N–H and O–H groups in total. The van der Waals surface area contributed by atoms with Crippen LogP contribution in [0.25, 0.3) is 0 Å². The first-order valence-corrected chi connectivity index (χ1v) is 10.4. The largest absolute Gasteiger partial charge is 0.469 e. The van der Waals surface area contributed by atoms with Gasteiger partial charge in [-0.05, 0) is 38.1 Å². The molecular formula is C22H21N3O4S. The summed E-state index contributed by atoms with van der Waals surface area (Å²) in [7, 11) is 0. The molecule has 0 bridgehead atoms. The molecule has 8 heteroatoms. The van der Waals surface area contributed by atoms with Crippen LogP contribution in [0, 0.1) is 17.2 Å². The molecule has 0 aliphatic carbocycles. The number of aliphatic imine (C=N–C) groups is 1. The highest BCUT2D eigenvalue weighted by Crippen LogP contribution is 2.41. The molecule has 1 aromatic carbocycles. The number of carbonyl (C=O) groups is 2. The van der Waals surface area contributed by atoms with Crippen LogP contribution >= 0.6 is 11.8 Å². The highest BCUT2D eigenvalue weighted by atomic mass is 32.2. The number of hydrogen-bond acceptors (Lipinski definition) is 7. The first-order chi connectivity index (χ1) is 14.5. The van der Waals surface area contributed by atoms with Crippen LogP contribution in [0.5, 0.6) is 0 Å². The van der Waals surface area contributed by atoms with Gasteiger partial charge in [0.2, 0.25) is 0 Å². The normalized spacial score (nSPS) is 18.4. The minimum atomic E-state index is -0.768. The highest BCUT2D eigenvalue weighted by Gasteiger charge is 2.40. The third kappa shape index (κ3) is 4.81. The van der Waals surface area contributed by atoms with E-state index in [0.29, 0.717) is 27.8 Å². The SMILES string of the molecule is CCOC(=O)CSC1=NC(C)=C(C(=O)Nc2ccccc2)[C@@H](c2ccco2)C1C#N. The Bertz CT molecular complexity index is 1010. The Morgan fingerprint density at radius 1 is 1.27 bits per heavy atom. The number of furan rings is 1. The molecule has 3 rings (SSSR count). The molecule has 1 aromatic heterocycles. The van der Waals surface area contributed by atoms with Crippen molar-refractivity contribution >= 4 is 34.4 Å². The van der Waals surface area contributed by atoms with E-state index in [2.05, 4.69) is 16.4 Å². The van der Waals surface area contributed by atoms with Crippen LogP contribution < -0.4 is 5.32 Å². The van der Waals surface area contributed by atoms with Crippen LogP contribution in [0.2, 0.25) is 0 Å². The lowest BCUT2D eigenvalue weighted by Crippen LogP contribution is -2.31. The van der Waals surface area contributed by atoms with E-state index < -0.39 is 11.8 Å². The highest BCUT2D eigenvalue weighted by molar-refractivity contribution is 8.14. The smallest absolute Gasteiger partial charge is 0.316 e. The number of esters is 1. The van der Waals surface area contributed by atoms with Gasteiger partial charge in [-0.25, -0.2) is 4.99 Å². The molecule has 1 amide bonds. The van der Waals surface area contributed by atoms with Gasteiger partial charge in [-0.15, -0.1) is 0 Å². The van der Waals surface area contributed by atoms with Crippen LogP contribution in [-0.4, -0.2) is 29.3 Å². The minimum Gasteiger partial charge on any atom is -0.469 e. The molecule has 1 aliphatic heterocycles. The average Bonchev–Trinajstić information content (AvgIpc) is 3.27. The number of para-hydroxylation sites is 1. The van der Waals surface area contributed by atoms with Crippen molar-refractivity contribution in [3.8, 4) is 6.07 Å². The van der Waals surface area contributed by atoms with Gasteiger partial charge in [0.05, 0.1) is 41.2 Å². The number of hydrogen-bond donors (Lipinski definition) is 1. The van der Waals surface area contributed by atoms with E-state index in [4.69, 9.17) is 9.15 Å². The minimum absolute atomic E-state index is 0.0363. The van der Waals surface area contributed by atoms with Crippen molar-refractivity contribution in [1.29, 1.82) is 5.26 Å². The predicted molar refractivity (Wildman–Crippen MR) is 115 cm³/mol. The van der Waals surface area contributed by atoms with Crippen molar-refractivity contribution < 1.29 is 18.7 Å². The number of anilines is 1. The van der Waals surface area contributed by atoms with Gasteiger partial charge in [0.15, 0.2) is 0 Å². The van der Waals surface area contributed by atoms with Crippen molar-refractivity contribution in [2.75, 3.05) is 17.7 Å². The molecule has 0 radical (unpaired) electrons. The number of nitriles is 1. The molecule has 2 heterocycles. The van der Waals surface area contributed by atoms with Gasteiger partial charge in [-0.3, -0.25) is 9.59 Å². The predicted octanol–water partition coefficient (Wildman–Crippen LogP) is 4.12. The van der Waals surface area contributed by atoms with Gasteiger partial charge in [0.25, 0.3) is 5.91 Å². The van der Waals surface area contributed by atoms with Crippen LogP contribution in [0.3, 0.4) is 0 Å². The lowest BCUT2D eigenvalue weighted by molar-refractivity contribution is -0.139. The van der Waals surface area contributed by atoms with Crippen LogP contribution in [0.1, 0.15) is 25.5 Å². The lowest BCUT2D eigenvalue weighted by atomic mass is 9.81. The number of nitrogens with one attached hydrogen (secondary N) is 1. The molecule has 7 nitrogen and oxygen atoms in total. The molecule has 0 spiro atoms. The summed E-state index contributed by atoms with van der Waals surface area (Å²) >= 11 is 1.15. The Kier molecular flexibility index (Phi) is 7.09. The van der Waals surface area contributed by atoms with Crippen molar-refractivity contribution in [3.05, 3.63) is 65.8 Å². The first kappa shape index (κ1) is 21.4. The zero-order valence-electron chi connectivity index (χ0n) is 16.6. The number of nitrogens with zero attached hydrogens (tertiary/aromatic N) is 2. The van der Waals surface area contributed by atoms with Crippen molar-refractivity contribution in [2.45, 2.75) is 19.8 Å². The molecule has 1 unspecified atom stereocenters. The van der Waals surface area contributed by atoms with Gasteiger partial charge in [-0.1, -0.05) is 30.0 Å². The number of carbonyl (C=O) groups excluding carboxylic acids is 2. The lowest BCUT2D eigenvalue weighted by Gasteiger charge is -2.28. The number of ether oxygens (including phenoxy) is 1. The van der Waals surface area contributed by atoms with Crippen LogP contribution in [-0.2, 0) is 14.3 Å². The fourth-order valence-electron chi connectivity index (χ4n) is 3.22. The van der Waals surface area contributed by atoms with E-state index in [9.17, 15) is 14.9 Å². The maximum absolute atomic E-state index is 13.1. The maximum atomic E-state index is 13.1. The molecular weight excluding hydrogens is 402 g/mol. The number of thioether (sulfide) groups is 1. The monoisotopic (exact) mass is 423 g/mol. The zero-order valence-corrected chi connectivity index (χ0v) is 17.4. The Morgan fingerprint density at radius 2 is 2.03 bits per heavy atom. The Hall–Kier alpha value is -3.31. The first-order valence-electron chi connectivity index (χ1n) is 9.42. The van der Waals surface area contributed by atoms with Crippen molar-refractivity contribution in [3.63, 3.8) is 0 Å². The Morgan fingerprint density at radius 3 is 2.67 bits per heavy atom. The fourth-order valence-corrected chi connectivity index (χ4v) is 4.14. The number of allylic oxidation sites excluding steroid dienone is 1. The molecule has 2 atom stereocenters. The van der Waals surface area contributed by atoms with Gasteiger partial charge in [0, 0.05) is 11.4 Å². The average molecular weight is 423 g/mol. The number of rotatable bonds is 6. The molecule has 2 aromatic rings. The second kappa shape index (κ2) is 9.94. The summed E-state index contributed by atoms with van der Waals surface area (Å²) in [5, 5.41) is 13.2. The van der Waals surface area contributed by atoms with Crippen LogP contribution in [0.4, 0.5) is 5.69 Å². The second-order valence-corrected chi connectivity index (χ2v) is 7.46. The van der Waals surface area contributed by atoms with E-state index >= 15 is 0 Å². The summed E-state index contributed by atoms with van der Waals surface area (Å²) in [4.78, 5) is 29.4. The van der Waals surface area contributed by atoms with Gasteiger partial charge in [-0.2, -0.15) is 5.26 Å². The summed E-state index contributed by atoms with van der Waals surface area (Å²) < 4.78 is 10.5. The van der Waals surface area contributed by atoms with Gasteiger partial charge >= 0.3 is 5.97 Å². The topological polar surface area (TPSA) is 105 Å². The second-order valence-electron chi connectivity index (χ2n) is 6.46. The fraction of sp³-hybridized carbons (Fsp3) is 0.273. The van der Waals surface area contributed by atoms with Crippen molar-refractivity contribution in [1.82, 2.24) is 0 Å². The number of amides is 1. The van der Waals surface area contributed by atoms with Gasteiger partial charge < -0.3 is 14.5 Å². The molecule has 0 saturated carbocycles. The third-order valence-electron chi connectivity index (χ3n) is 4.49.